The van der Waals surface area contributed by atoms with E-state index in [9.17, 15) is 0 Å². The van der Waals surface area contributed by atoms with Crippen LogP contribution in [-0.2, 0) is 12.8 Å². The van der Waals surface area contributed by atoms with Crippen molar-refractivity contribution in [3.8, 4) is 0 Å². The van der Waals surface area contributed by atoms with Gasteiger partial charge in [0.15, 0.2) is 0 Å². The number of likely N-dealkylation sites (N-methyl/N-ethyl adjacent to an activating group) is 1. The van der Waals surface area contributed by atoms with Gasteiger partial charge in [0, 0.05) is 31.3 Å². The summed E-state index contributed by atoms with van der Waals surface area (Å²) in [5.74, 6) is 1.94. The molecule has 0 saturated carbocycles. The molecule has 108 valence electrons. The smallest absolute Gasteiger partial charge is 0.132 e. The Bertz CT molecular complexity index is 361. The Kier molecular flexibility index (Phi) is 7.41. The minimum atomic E-state index is 0.927. The van der Waals surface area contributed by atoms with E-state index < -0.39 is 0 Å². The Hall–Kier alpha value is -1.16. The van der Waals surface area contributed by atoms with Crippen molar-refractivity contribution in [3.63, 3.8) is 0 Å². The Morgan fingerprint density at radius 3 is 2.42 bits per heavy atom. The average Bonchev–Trinajstić information content (AvgIpc) is 2.46. The van der Waals surface area contributed by atoms with Crippen LogP contribution in [0.3, 0.4) is 0 Å². The highest BCUT2D eigenvalue weighted by Crippen LogP contribution is 2.08. The third-order valence-electron chi connectivity index (χ3n) is 3.29. The molecule has 0 unspecified atom stereocenters. The molecule has 1 N–H and O–H groups in total. The quantitative estimate of drug-likeness (QED) is 0.744. The summed E-state index contributed by atoms with van der Waals surface area (Å²) in [4.78, 5) is 11.6. The maximum atomic E-state index is 4.62. The van der Waals surface area contributed by atoms with Gasteiger partial charge in [0.25, 0.3) is 0 Å². The number of nitrogens with zero attached hydrogens (tertiary/aromatic N) is 3. The fraction of sp³-hybridized carbons (Fsp3) is 0.733. The first-order chi connectivity index (χ1) is 9.23. The number of anilines is 1. The van der Waals surface area contributed by atoms with Gasteiger partial charge in [0.2, 0.25) is 0 Å². The van der Waals surface area contributed by atoms with Crippen molar-refractivity contribution < 1.29 is 0 Å². The maximum absolute atomic E-state index is 4.62. The van der Waals surface area contributed by atoms with Gasteiger partial charge in [-0.25, -0.2) is 9.97 Å². The summed E-state index contributed by atoms with van der Waals surface area (Å²) in [6.07, 6.45) is 3.00. The van der Waals surface area contributed by atoms with E-state index in [2.05, 4.69) is 53.9 Å². The number of hydrogen-bond donors (Lipinski definition) is 1. The molecule has 19 heavy (non-hydrogen) atoms. The molecule has 4 heteroatoms. The largest absolute Gasteiger partial charge is 0.370 e. The van der Waals surface area contributed by atoms with E-state index in [0.29, 0.717) is 0 Å². The molecule has 0 spiro atoms. The monoisotopic (exact) mass is 264 g/mol. The van der Waals surface area contributed by atoms with Crippen molar-refractivity contribution in [1.29, 1.82) is 0 Å². The molecule has 0 aliphatic carbocycles. The Morgan fingerprint density at radius 2 is 1.84 bits per heavy atom. The Morgan fingerprint density at radius 1 is 1.11 bits per heavy atom. The molecule has 0 bridgehead atoms. The fourth-order valence-corrected chi connectivity index (χ4v) is 1.99. The first kappa shape index (κ1) is 15.9. The second-order valence-electron chi connectivity index (χ2n) is 4.72. The van der Waals surface area contributed by atoms with Gasteiger partial charge in [-0.05, 0) is 25.9 Å². The third kappa shape index (κ3) is 5.55. The van der Waals surface area contributed by atoms with Crippen molar-refractivity contribution in [3.05, 3.63) is 17.6 Å². The van der Waals surface area contributed by atoms with Crippen LogP contribution in [0.25, 0.3) is 0 Å². The van der Waals surface area contributed by atoms with Crippen LogP contribution in [0.5, 0.6) is 0 Å². The standard InChI is InChI=1S/C15H28N4/c1-5-10-16-15-12-13(6-2)17-14(18-15)9-11-19(7-3)8-4/h12H,5-11H2,1-4H3,(H,16,17,18). The summed E-state index contributed by atoms with van der Waals surface area (Å²) in [7, 11) is 0. The zero-order valence-electron chi connectivity index (χ0n) is 12.9. The van der Waals surface area contributed by atoms with Crippen LogP contribution in [-0.4, -0.2) is 41.0 Å². The molecule has 0 aliphatic heterocycles. The predicted octanol–water partition coefficient (Wildman–Crippen LogP) is 2.75. The number of nitrogens with one attached hydrogen (secondary N) is 1. The van der Waals surface area contributed by atoms with Gasteiger partial charge in [-0.2, -0.15) is 0 Å². The molecule has 0 atom stereocenters. The molecule has 1 aromatic heterocycles. The van der Waals surface area contributed by atoms with E-state index in [1.807, 2.05) is 0 Å². The second kappa shape index (κ2) is 8.86. The normalized spacial score (nSPS) is 11.0. The van der Waals surface area contributed by atoms with Gasteiger partial charge >= 0.3 is 0 Å². The summed E-state index contributed by atoms with van der Waals surface area (Å²) >= 11 is 0. The summed E-state index contributed by atoms with van der Waals surface area (Å²) in [6.45, 7) is 12.9. The Labute approximate surface area is 117 Å². The minimum Gasteiger partial charge on any atom is -0.370 e. The highest BCUT2D eigenvalue weighted by molar-refractivity contribution is 5.36. The van der Waals surface area contributed by atoms with E-state index in [0.717, 1.165) is 62.8 Å². The van der Waals surface area contributed by atoms with Gasteiger partial charge in [0.1, 0.15) is 11.6 Å². The first-order valence-corrected chi connectivity index (χ1v) is 7.56. The van der Waals surface area contributed by atoms with E-state index in [1.54, 1.807) is 0 Å². The summed E-state index contributed by atoms with van der Waals surface area (Å²) < 4.78 is 0. The van der Waals surface area contributed by atoms with Gasteiger partial charge in [-0.3, -0.25) is 0 Å². The molecular weight excluding hydrogens is 236 g/mol. The van der Waals surface area contributed by atoms with Crippen LogP contribution in [0.2, 0.25) is 0 Å². The minimum absolute atomic E-state index is 0.927. The molecular formula is C15H28N4. The van der Waals surface area contributed by atoms with E-state index in [1.165, 1.54) is 0 Å². The topological polar surface area (TPSA) is 41.1 Å². The number of rotatable bonds is 9. The van der Waals surface area contributed by atoms with Crippen molar-refractivity contribution in [2.24, 2.45) is 0 Å². The van der Waals surface area contributed by atoms with Gasteiger partial charge < -0.3 is 10.2 Å². The average molecular weight is 264 g/mol. The van der Waals surface area contributed by atoms with Crippen LogP contribution in [0.4, 0.5) is 5.82 Å². The molecule has 0 radical (unpaired) electrons. The highest BCUT2D eigenvalue weighted by atomic mass is 15.1. The lowest BCUT2D eigenvalue weighted by molar-refractivity contribution is 0.305. The molecule has 0 saturated heterocycles. The SMILES string of the molecule is CCCNc1cc(CC)nc(CCN(CC)CC)n1. The van der Waals surface area contributed by atoms with E-state index in [4.69, 9.17) is 0 Å². The molecule has 0 fully saturated rings. The maximum Gasteiger partial charge on any atom is 0.132 e. The van der Waals surface area contributed by atoms with E-state index >= 15 is 0 Å². The van der Waals surface area contributed by atoms with Crippen LogP contribution in [0.15, 0.2) is 6.07 Å². The van der Waals surface area contributed by atoms with Crippen LogP contribution in [0, 0.1) is 0 Å². The summed E-state index contributed by atoms with van der Waals surface area (Å²) in [5.41, 5.74) is 1.13. The first-order valence-electron chi connectivity index (χ1n) is 7.56. The summed E-state index contributed by atoms with van der Waals surface area (Å²) in [5, 5.41) is 3.36. The lowest BCUT2D eigenvalue weighted by Crippen LogP contribution is -2.26. The van der Waals surface area contributed by atoms with Crippen LogP contribution in [0.1, 0.15) is 45.6 Å². The van der Waals surface area contributed by atoms with Crippen molar-refractivity contribution in [2.45, 2.75) is 47.0 Å². The highest BCUT2D eigenvalue weighted by Gasteiger charge is 2.06. The molecule has 1 rings (SSSR count). The van der Waals surface area contributed by atoms with Crippen LogP contribution >= 0.6 is 0 Å². The molecule has 4 nitrogen and oxygen atoms in total. The van der Waals surface area contributed by atoms with E-state index in [-0.39, 0.29) is 0 Å². The van der Waals surface area contributed by atoms with Gasteiger partial charge in [0.05, 0.1) is 0 Å². The van der Waals surface area contributed by atoms with Crippen molar-refractivity contribution in [1.82, 2.24) is 14.9 Å². The number of aryl methyl sites for hydroxylation is 1. The van der Waals surface area contributed by atoms with Crippen molar-refractivity contribution >= 4 is 5.82 Å². The molecule has 0 aliphatic rings. The fourth-order valence-electron chi connectivity index (χ4n) is 1.99. The van der Waals surface area contributed by atoms with Crippen molar-refractivity contribution in [2.75, 3.05) is 31.5 Å². The summed E-state index contributed by atoms with van der Waals surface area (Å²) in [6, 6.07) is 2.07. The lowest BCUT2D eigenvalue weighted by atomic mass is 10.3. The lowest BCUT2D eigenvalue weighted by Gasteiger charge is -2.17. The van der Waals surface area contributed by atoms with Gasteiger partial charge in [-0.15, -0.1) is 0 Å². The molecule has 1 heterocycles. The molecule has 0 aromatic carbocycles. The Balaban J connectivity index is 2.70. The number of aromatic nitrogens is 2. The zero-order chi connectivity index (χ0) is 14.1. The molecule has 0 amide bonds. The zero-order valence-corrected chi connectivity index (χ0v) is 12.9. The van der Waals surface area contributed by atoms with Gasteiger partial charge in [-0.1, -0.05) is 27.7 Å². The van der Waals surface area contributed by atoms with Crippen LogP contribution < -0.4 is 5.32 Å². The number of hydrogen-bond acceptors (Lipinski definition) is 4. The second-order valence-corrected chi connectivity index (χ2v) is 4.72. The molecule has 1 aromatic rings. The predicted molar refractivity (Wildman–Crippen MR) is 81.7 cm³/mol. The third-order valence-corrected chi connectivity index (χ3v) is 3.29.